The minimum Gasteiger partial charge on any atom is -0.485 e. The lowest BCUT2D eigenvalue weighted by atomic mass is 10.2. The Bertz CT molecular complexity index is 1090. The maximum absolute atomic E-state index is 12.6. The zero-order valence-corrected chi connectivity index (χ0v) is 15.6. The van der Waals surface area contributed by atoms with Crippen molar-refractivity contribution in [2.45, 2.75) is 17.3 Å². The van der Waals surface area contributed by atoms with Gasteiger partial charge in [-0.15, -0.1) is 0 Å². The number of sulfone groups is 1. The molecule has 0 spiro atoms. The van der Waals surface area contributed by atoms with Gasteiger partial charge in [0.25, 0.3) is 5.91 Å². The highest BCUT2D eigenvalue weighted by molar-refractivity contribution is 7.91. The van der Waals surface area contributed by atoms with Gasteiger partial charge in [-0.3, -0.25) is 9.78 Å². The fourth-order valence-electron chi connectivity index (χ4n) is 2.32. The number of ether oxygens (including phenoxy) is 1. The molecule has 0 saturated carbocycles. The quantitative estimate of drug-likeness (QED) is 0.631. The normalized spacial score (nSPS) is 11.3. The number of rotatable bonds is 7. The van der Waals surface area contributed by atoms with E-state index in [1.165, 1.54) is 6.20 Å². The number of nitrogens with zero attached hydrogens (tertiary/aromatic N) is 2. The number of carbonyl (C=O) groups excluding carboxylic acids is 1. The van der Waals surface area contributed by atoms with E-state index >= 15 is 0 Å². The second-order valence-electron chi connectivity index (χ2n) is 5.78. The Hall–Kier alpha value is -3.40. The van der Waals surface area contributed by atoms with Crippen LogP contribution in [0.3, 0.4) is 0 Å². The third-order valence-corrected chi connectivity index (χ3v) is 5.22. The molecule has 0 aliphatic heterocycles. The molecule has 7 nitrogen and oxygen atoms in total. The Morgan fingerprint density at radius 2 is 1.72 bits per heavy atom. The van der Waals surface area contributed by atoms with Crippen LogP contribution in [-0.4, -0.2) is 30.1 Å². The van der Waals surface area contributed by atoms with E-state index < -0.39 is 26.4 Å². The highest BCUT2D eigenvalue weighted by atomic mass is 32.2. The van der Waals surface area contributed by atoms with Gasteiger partial charge in [-0.2, -0.15) is 8.78 Å². The Morgan fingerprint density at radius 3 is 2.38 bits per heavy atom. The topological polar surface area (TPSA) is 98.2 Å². The molecule has 2 heterocycles. The lowest BCUT2D eigenvalue weighted by Crippen LogP contribution is -2.15. The molecule has 0 aliphatic carbocycles. The number of alkyl halides is 2. The first kappa shape index (κ1) is 20.3. The van der Waals surface area contributed by atoms with Crippen LogP contribution in [0.15, 0.2) is 72.0 Å². The SMILES string of the molecule is O=C(Nc1ncccc1OCc1ccncc1)c1ccc(S(=O)(=O)C(F)F)cc1. The number of carbonyl (C=O) groups is 1. The van der Waals surface area contributed by atoms with Crippen molar-refractivity contribution in [3.63, 3.8) is 0 Å². The van der Waals surface area contributed by atoms with Gasteiger partial charge in [-0.05, 0) is 54.1 Å². The van der Waals surface area contributed by atoms with E-state index in [1.807, 2.05) is 0 Å². The lowest BCUT2D eigenvalue weighted by Gasteiger charge is -2.11. The molecule has 0 aliphatic rings. The Balaban J connectivity index is 1.72. The van der Waals surface area contributed by atoms with Crippen LogP contribution in [0, 0.1) is 0 Å². The van der Waals surface area contributed by atoms with E-state index in [1.54, 1.807) is 36.7 Å². The molecule has 0 saturated heterocycles. The zero-order valence-electron chi connectivity index (χ0n) is 14.8. The van der Waals surface area contributed by atoms with Crippen molar-refractivity contribution < 1.29 is 26.7 Å². The fraction of sp³-hybridized carbons (Fsp3) is 0.105. The molecule has 10 heteroatoms. The molecule has 0 atom stereocenters. The highest BCUT2D eigenvalue weighted by Gasteiger charge is 2.26. The van der Waals surface area contributed by atoms with Crippen molar-refractivity contribution in [2.75, 3.05) is 5.32 Å². The Kier molecular flexibility index (Phi) is 6.13. The van der Waals surface area contributed by atoms with Crippen LogP contribution >= 0.6 is 0 Å². The highest BCUT2D eigenvalue weighted by Crippen LogP contribution is 2.23. The van der Waals surface area contributed by atoms with Gasteiger partial charge in [-0.25, -0.2) is 13.4 Å². The number of benzene rings is 1. The summed E-state index contributed by atoms with van der Waals surface area (Å²) in [7, 11) is -4.72. The first-order chi connectivity index (χ1) is 13.9. The number of pyridine rings is 2. The number of aromatic nitrogens is 2. The van der Waals surface area contributed by atoms with Crippen LogP contribution in [0.4, 0.5) is 14.6 Å². The average Bonchev–Trinajstić information content (AvgIpc) is 2.74. The molecule has 0 fully saturated rings. The van der Waals surface area contributed by atoms with Crippen LogP contribution in [0.25, 0.3) is 0 Å². The van der Waals surface area contributed by atoms with Gasteiger partial charge in [0.05, 0.1) is 4.90 Å². The van der Waals surface area contributed by atoms with Crippen LogP contribution in [0.1, 0.15) is 15.9 Å². The molecule has 29 heavy (non-hydrogen) atoms. The van der Waals surface area contributed by atoms with E-state index in [4.69, 9.17) is 4.74 Å². The second kappa shape index (κ2) is 8.74. The van der Waals surface area contributed by atoms with Gasteiger partial charge in [0.1, 0.15) is 6.61 Å². The number of hydrogen-bond donors (Lipinski definition) is 1. The molecular weight excluding hydrogens is 404 g/mol. The van der Waals surface area contributed by atoms with Gasteiger partial charge in [-0.1, -0.05) is 0 Å². The maximum atomic E-state index is 12.6. The molecule has 150 valence electrons. The minimum absolute atomic E-state index is 0.0731. The number of amides is 1. The second-order valence-corrected chi connectivity index (χ2v) is 7.70. The molecule has 1 N–H and O–H groups in total. The van der Waals surface area contributed by atoms with Crippen molar-refractivity contribution >= 4 is 21.6 Å². The number of nitrogens with one attached hydrogen (secondary N) is 1. The molecule has 3 rings (SSSR count). The van der Waals surface area contributed by atoms with Crippen molar-refractivity contribution in [1.82, 2.24) is 9.97 Å². The van der Waals surface area contributed by atoms with Gasteiger partial charge in [0.2, 0.25) is 9.84 Å². The summed E-state index contributed by atoms with van der Waals surface area (Å²) in [5.74, 6) is -3.64. The van der Waals surface area contributed by atoms with E-state index in [-0.39, 0.29) is 18.0 Å². The maximum Gasteiger partial charge on any atom is 0.341 e. The zero-order chi connectivity index (χ0) is 20.9. The van der Waals surface area contributed by atoms with E-state index in [9.17, 15) is 22.0 Å². The summed E-state index contributed by atoms with van der Waals surface area (Å²) in [6.07, 6.45) is 4.72. The summed E-state index contributed by atoms with van der Waals surface area (Å²) in [5.41, 5.74) is 0.945. The molecule has 1 aromatic carbocycles. The van der Waals surface area contributed by atoms with Gasteiger partial charge in [0, 0.05) is 24.2 Å². The van der Waals surface area contributed by atoms with Crippen LogP contribution < -0.4 is 10.1 Å². The fourth-order valence-corrected chi connectivity index (χ4v) is 3.04. The number of halogens is 2. The summed E-state index contributed by atoms with van der Waals surface area (Å²) in [6, 6.07) is 11.0. The molecule has 0 unspecified atom stereocenters. The van der Waals surface area contributed by atoms with E-state index in [0.717, 1.165) is 29.8 Å². The summed E-state index contributed by atoms with van der Waals surface area (Å²) in [6.45, 7) is 0.233. The number of hydrogen-bond acceptors (Lipinski definition) is 6. The molecule has 2 aromatic heterocycles. The first-order valence-electron chi connectivity index (χ1n) is 8.28. The monoisotopic (exact) mass is 419 g/mol. The summed E-state index contributed by atoms with van der Waals surface area (Å²) < 4.78 is 53.8. The third-order valence-electron chi connectivity index (χ3n) is 3.83. The Labute approximate surface area is 165 Å². The largest absolute Gasteiger partial charge is 0.485 e. The van der Waals surface area contributed by atoms with Crippen LogP contribution in [0.5, 0.6) is 5.75 Å². The predicted molar refractivity (Wildman–Crippen MR) is 100 cm³/mol. The molecular formula is C19H15F2N3O4S. The number of anilines is 1. The van der Waals surface area contributed by atoms with Gasteiger partial charge < -0.3 is 10.1 Å². The van der Waals surface area contributed by atoms with Gasteiger partial charge in [0.15, 0.2) is 11.6 Å². The summed E-state index contributed by atoms with van der Waals surface area (Å²) >= 11 is 0. The summed E-state index contributed by atoms with van der Waals surface area (Å²) in [4.78, 5) is 19.8. The summed E-state index contributed by atoms with van der Waals surface area (Å²) in [5, 5.41) is 2.56. The minimum atomic E-state index is -4.72. The molecule has 3 aromatic rings. The smallest absolute Gasteiger partial charge is 0.341 e. The van der Waals surface area contributed by atoms with Crippen molar-refractivity contribution in [3.05, 3.63) is 78.2 Å². The van der Waals surface area contributed by atoms with E-state index in [0.29, 0.717) is 5.75 Å². The standard InChI is InChI=1S/C19H15F2N3O4S/c20-19(21)29(26,27)15-5-3-14(4-6-15)18(25)24-17-16(2-1-9-23-17)28-12-13-7-10-22-11-8-13/h1-11,19H,12H2,(H,23,24,25). The first-order valence-corrected chi connectivity index (χ1v) is 9.83. The lowest BCUT2D eigenvalue weighted by molar-refractivity contribution is 0.102. The predicted octanol–water partition coefficient (Wildman–Crippen LogP) is 3.30. The molecule has 1 amide bonds. The van der Waals surface area contributed by atoms with Crippen molar-refractivity contribution in [3.8, 4) is 5.75 Å². The van der Waals surface area contributed by atoms with Crippen LogP contribution in [0.2, 0.25) is 0 Å². The van der Waals surface area contributed by atoms with E-state index in [2.05, 4.69) is 15.3 Å². The Morgan fingerprint density at radius 1 is 1.03 bits per heavy atom. The third kappa shape index (κ3) is 4.91. The average molecular weight is 419 g/mol. The van der Waals surface area contributed by atoms with Gasteiger partial charge >= 0.3 is 5.76 Å². The van der Waals surface area contributed by atoms with Crippen LogP contribution in [-0.2, 0) is 16.4 Å². The molecule has 0 bridgehead atoms. The molecule has 0 radical (unpaired) electrons. The van der Waals surface area contributed by atoms with Crippen molar-refractivity contribution in [2.24, 2.45) is 0 Å². The van der Waals surface area contributed by atoms with Crippen molar-refractivity contribution in [1.29, 1.82) is 0 Å².